The van der Waals surface area contributed by atoms with Crippen LogP contribution in [0, 0.1) is 0 Å². The van der Waals surface area contributed by atoms with Gasteiger partial charge in [-0.15, -0.1) is 0 Å². The van der Waals surface area contributed by atoms with E-state index in [-0.39, 0.29) is 12.6 Å². The number of anilines is 1. The van der Waals surface area contributed by atoms with E-state index < -0.39 is 5.97 Å². The highest BCUT2D eigenvalue weighted by atomic mass is 16.5. The number of hydrogen-bond donors (Lipinski definition) is 2. The molecule has 0 radical (unpaired) electrons. The van der Waals surface area contributed by atoms with E-state index in [2.05, 4.69) is 15.3 Å². The van der Waals surface area contributed by atoms with Crippen LogP contribution in [0.15, 0.2) is 12.4 Å². The highest BCUT2D eigenvalue weighted by Crippen LogP contribution is 2.18. The molecule has 0 aliphatic heterocycles. The number of carboxylic acid groups (broad SMARTS) is 1. The maximum Gasteiger partial charge on any atom is 0.322 e. The summed E-state index contributed by atoms with van der Waals surface area (Å²) in [5.74, 6) is -0.307. The van der Waals surface area contributed by atoms with Crippen LogP contribution in [-0.2, 0) is 4.79 Å². The number of ether oxygens (including phenoxy) is 1. The third kappa shape index (κ3) is 3.80. The standard InChI is InChI=1S/C9H13N3O3/c1-6(2)15-9-8(10-3-4-11-9)12-5-7(13)14/h3-4,6H,5H2,1-2H3,(H,10,12)(H,13,14). The molecule has 0 aromatic carbocycles. The second kappa shape index (κ2) is 5.14. The number of nitrogens with zero attached hydrogens (tertiary/aromatic N) is 2. The lowest BCUT2D eigenvalue weighted by Gasteiger charge is -2.11. The predicted octanol–water partition coefficient (Wildman–Crippen LogP) is 0.760. The van der Waals surface area contributed by atoms with Gasteiger partial charge < -0.3 is 15.2 Å². The minimum atomic E-state index is -0.962. The fourth-order valence-electron chi connectivity index (χ4n) is 0.915. The molecule has 0 unspecified atom stereocenters. The SMILES string of the molecule is CC(C)Oc1nccnc1NCC(=O)O. The topological polar surface area (TPSA) is 84.3 Å². The highest BCUT2D eigenvalue weighted by molar-refractivity contribution is 5.72. The molecule has 0 aliphatic rings. The number of rotatable bonds is 5. The van der Waals surface area contributed by atoms with Gasteiger partial charge in [0.1, 0.15) is 6.54 Å². The molecule has 1 rings (SSSR count). The van der Waals surface area contributed by atoms with Crippen molar-refractivity contribution in [3.63, 3.8) is 0 Å². The normalized spacial score (nSPS) is 10.1. The van der Waals surface area contributed by atoms with E-state index in [1.807, 2.05) is 13.8 Å². The number of hydrogen-bond acceptors (Lipinski definition) is 5. The summed E-state index contributed by atoms with van der Waals surface area (Å²) in [5, 5.41) is 11.1. The lowest BCUT2D eigenvalue weighted by atomic mass is 10.5. The molecule has 1 heterocycles. The first-order chi connectivity index (χ1) is 7.09. The molecule has 1 aromatic rings. The summed E-state index contributed by atoms with van der Waals surface area (Å²) in [6.45, 7) is 3.50. The first-order valence-electron chi connectivity index (χ1n) is 4.53. The van der Waals surface area contributed by atoms with E-state index in [1.54, 1.807) is 0 Å². The van der Waals surface area contributed by atoms with Gasteiger partial charge in [-0.3, -0.25) is 4.79 Å². The van der Waals surface area contributed by atoms with Crippen LogP contribution in [0.2, 0.25) is 0 Å². The Hall–Kier alpha value is -1.85. The van der Waals surface area contributed by atoms with Gasteiger partial charge in [0.05, 0.1) is 6.10 Å². The van der Waals surface area contributed by atoms with Crippen molar-refractivity contribution in [3.8, 4) is 5.88 Å². The molecule has 6 heteroatoms. The Bertz CT molecular complexity index is 341. The number of nitrogens with one attached hydrogen (secondary N) is 1. The Morgan fingerprint density at radius 1 is 1.53 bits per heavy atom. The Kier molecular flexibility index (Phi) is 3.84. The first kappa shape index (κ1) is 11.2. The quantitative estimate of drug-likeness (QED) is 0.748. The molecular weight excluding hydrogens is 198 g/mol. The molecule has 0 fully saturated rings. The summed E-state index contributed by atoms with van der Waals surface area (Å²) in [6.07, 6.45) is 2.92. The third-order valence-corrected chi connectivity index (χ3v) is 1.42. The minimum absolute atomic E-state index is 0.0351. The lowest BCUT2D eigenvalue weighted by molar-refractivity contribution is -0.134. The first-order valence-corrected chi connectivity index (χ1v) is 4.53. The highest BCUT2D eigenvalue weighted by Gasteiger charge is 2.08. The molecule has 0 atom stereocenters. The summed E-state index contributed by atoms with van der Waals surface area (Å²) in [7, 11) is 0. The van der Waals surface area contributed by atoms with E-state index in [4.69, 9.17) is 9.84 Å². The van der Waals surface area contributed by atoms with Crippen molar-refractivity contribution in [2.75, 3.05) is 11.9 Å². The third-order valence-electron chi connectivity index (χ3n) is 1.42. The van der Waals surface area contributed by atoms with Gasteiger partial charge in [0.15, 0.2) is 5.82 Å². The van der Waals surface area contributed by atoms with Crippen LogP contribution in [0.1, 0.15) is 13.8 Å². The van der Waals surface area contributed by atoms with Gasteiger partial charge >= 0.3 is 5.97 Å². The van der Waals surface area contributed by atoms with Crippen LogP contribution in [0.25, 0.3) is 0 Å². The fourth-order valence-corrected chi connectivity index (χ4v) is 0.915. The molecule has 0 saturated carbocycles. The van der Waals surface area contributed by atoms with E-state index in [9.17, 15) is 4.79 Å². The van der Waals surface area contributed by atoms with E-state index >= 15 is 0 Å². The van der Waals surface area contributed by atoms with Crippen molar-refractivity contribution in [2.45, 2.75) is 20.0 Å². The van der Waals surface area contributed by atoms with Gasteiger partial charge in [-0.25, -0.2) is 9.97 Å². The van der Waals surface area contributed by atoms with E-state index in [0.717, 1.165) is 0 Å². The summed E-state index contributed by atoms with van der Waals surface area (Å²) >= 11 is 0. The van der Waals surface area contributed by atoms with E-state index in [0.29, 0.717) is 11.7 Å². The molecule has 0 amide bonds. The van der Waals surface area contributed by atoms with Gasteiger partial charge in [-0.1, -0.05) is 0 Å². The Balaban J connectivity index is 2.72. The van der Waals surface area contributed by atoms with Gasteiger partial charge in [0.25, 0.3) is 5.88 Å². The van der Waals surface area contributed by atoms with Crippen LogP contribution >= 0.6 is 0 Å². The summed E-state index contributed by atoms with van der Waals surface area (Å²) in [5.41, 5.74) is 0. The predicted molar refractivity (Wildman–Crippen MR) is 53.9 cm³/mol. The summed E-state index contributed by atoms with van der Waals surface area (Å²) in [4.78, 5) is 18.3. The molecule has 0 bridgehead atoms. The molecule has 0 aliphatic carbocycles. The lowest BCUT2D eigenvalue weighted by Crippen LogP contribution is -2.16. The van der Waals surface area contributed by atoms with Crippen molar-refractivity contribution < 1.29 is 14.6 Å². The van der Waals surface area contributed by atoms with Crippen molar-refractivity contribution in [1.82, 2.24) is 9.97 Å². The maximum absolute atomic E-state index is 10.4. The van der Waals surface area contributed by atoms with Gasteiger partial charge in [-0.05, 0) is 13.8 Å². The number of aromatic nitrogens is 2. The molecule has 1 aromatic heterocycles. The largest absolute Gasteiger partial charge is 0.480 e. The Labute approximate surface area is 87.3 Å². The van der Waals surface area contributed by atoms with Crippen molar-refractivity contribution in [2.24, 2.45) is 0 Å². The van der Waals surface area contributed by atoms with Crippen molar-refractivity contribution in [1.29, 1.82) is 0 Å². The van der Waals surface area contributed by atoms with Gasteiger partial charge in [0.2, 0.25) is 0 Å². The zero-order valence-corrected chi connectivity index (χ0v) is 8.60. The van der Waals surface area contributed by atoms with Crippen LogP contribution in [0.5, 0.6) is 5.88 Å². The average molecular weight is 211 g/mol. The smallest absolute Gasteiger partial charge is 0.322 e. The van der Waals surface area contributed by atoms with Crippen LogP contribution in [-0.4, -0.2) is 33.7 Å². The second-order valence-corrected chi connectivity index (χ2v) is 3.12. The summed E-state index contributed by atoms with van der Waals surface area (Å²) < 4.78 is 5.35. The van der Waals surface area contributed by atoms with Crippen molar-refractivity contribution in [3.05, 3.63) is 12.4 Å². The van der Waals surface area contributed by atoms with Crippen LogP contribution in [0.3, 0.4) is 0 Å². The molecule has 15 heavy (non-hydrogen) atoms. The van der Waals surface area contributed by atoms with Crippen molar-refractivity contribution >= 4 is 11.8 Å². The maximum atomic E-state index is 10.4. The van der Waals surface area contributed by atoms with Crippen LogP contribution in [0.4, 0.5) is 5.82 Å². The zero-order valence-electron chi connectivity index (χ0n) is 8.60. The average Bonchev–Trinajstić information content (AvgIpc) is 2.15. The number of carbonyl (C=O) groups is 1. The summed E-state index contributed by atoms with van der Waals surface area (Å²) in [6, 6.07) is 0. The second-order valence-electron chi connectivity index (χ2n) is 3.12. The number of carboxylic acids is 1. The monoisotopic (exact) mass is 211 g/mol. The molecule has 6 nitrogen and oxygen atoms in total. The zero-order chi connectivity index (χ0) is 11.3. The molecule has 82 valence electrons. The molecule has 0 saturated heterocycles. The van der Waals surface area contributed by atoms with Crippen LogP contribution < -0.4 is 10.1 Å². The molecular formula is C9H13N3O3. The molecule has 0 spiro atoms. The minimum Gasteiger partial charge on any atom is -0.480 e. The molecule has 2 N–H and O–H groups in total. The Morgan fingerprint density at radius 2 is 2.20 bits per heavy atom. The van der Waals surface area contributed by atoms with Gasteiger partial charge in [0, 0.05) is 12.4 Å². The fraction of sp³-hybridized carbons (Fsp3) is 0.444. The Morgan fingerprint density at radius 3 is 2.80 bits per heavy atom. The number of aliphatic carboxylic acids is 1. The van der Waals surface area contributed by atoms with E-state index in [1.165, 1.54) is 12.4 Å². The van der Waals surface area contributed by atoms with Gasteiger partial charge in [-0.2, -0.15) is 0 Å².